The van der Waals surface area contributed by atoms with Crippen LogP contribution in [0.1, 0.15) is 23.1 Å². The van der Waals surface area contributed by atoms with E-state index in [-0.39, 0.29) is 22.2 Å². The zero-order chi connectivity index (χ0) is 14.0. The lowest BCUT2D eigenvalue weighted by atomic mass is 10.1. The molecule has 7 heteroatoms. The molecule has 0 N–H and O–H groups in total. The quantitative estimate of drug-likeness (QED) is 0.640. The molecule has 19 heavy (non-hydrogen) atoms. The van der Waals surface area contributed by atoms with Gasteiger partial charge in [0.2, 0.25) is 0 Å². The molecule has 4 nitrogen and oxygen atoms in total. The molecule has 0 atom stereocenters. The first-order valence-corrected chi connectivity index (χ1v) is 6.37. The van der Waals surface area contributed by atoms with Crippen LogP contribution in [-0.2, 0) is 13.0 Å². The topological polar surface area (TPSA) is 47.8 Å². The molecular formula is C12H10BrF2N3O. The maximum Gasteiger partial charge on any atom is 0.173 e. The van der Waals surface area contributed by atoms with Gasteiger partial charge in [0.1, 0.15) is 12.2 Å². The van der Waals surface area contributed by atoms with Crippen molar-refractivity contribution >= 4 is 21.7 Å². The maximum absolute atomic E-state index is 13.4. The number of carbonyl (C=O) groups excluding carboxylic acids is 1. The molecule has 0 fully saturated rings. The third-order valence-corrected chi connectivity index (χ3v) is 3.42. The first kappa shape index (κ1) is 13.8. The lowest BCUT2D eigenvalue weighted by Crippen LogP contribution is -2.12. The van der Waals surface area contributed by atoms with E-state index in [0.29, 0.717) is 12.4 Å². The third kappa shape index (κ3) is 2.70. The van der Waals surface area contributed by atoms with E-state index >= 15 is 0 Å². The fraction of sp³-hybridized carbons (Fsp3) is 0.250. The molecule has 0 saturated heterocycles. The number of benzene rings is 1. The van der Waals surface area contributed by atoms with Gasteiger partial charge >= 0.3 is 0 Å². The van der Waals surface area contributed by atoms with E-state index in [0.717, 1.165) is 6.07 Å². The SMILES string of the molecule is CCn1ncnc1CC(=O)c1ccc(F)c(F)c1Br. The summed E-state index contributed by atoms with van der Waals surface area (Å²) in [7, 11) is 0. The van der Waals surface area contributed by atoms with E-state index < -0.39 is 11.6 Å². The van der Waals surface area contributed by atoms with E-state index in [4.69, 9.17) is 0 Å². The van der Waals surface area contributed by atoms with Crippen LogP contribution in [0.15, 0.2) is 22.9 Å². The molecule has 0 aliphatic heterocycles. The Bertz CT molecular complexity index is 627. The Kier molecular flexibility index (Phi) is 4.04. The molecule has 0 aliphatic rings. The second-order valence-corrected chi connectivity index (χ2v) is 4.61. The Morgan fingerprint density at radius 2 is 2.16 bits per heavy atom. The Morgan fingerprint density at radius 1 is 1.42 bits per heavy atom. The summed E-state index contributed by atoms with van der Waals surface area (Å²) in [4.78, 5) is 16.0. The number of ketones is 1. The molecule has 1 heterocycles. The number of hydrogen-bond donors (Lipinski definition) is 0. The van der Waals surface area contributed by atoms with Crippen LogP contribution in [0.4, 0.5) is 8.78 Å². The number of aromatic nitrogens is 3. The van der Waals surface area contributed by atoms with Crippen LogP contribution < -0.4 is 0 Å². The van der Waals surface area contributed by atoms with Crippen LogP contribution in [-0.4, -0.2) is 20.5 Å². The highest BCUT2D eigenvalue weighted by Crippen LogP contribution is 2.24. The molecule has 0 aliphatic carbocycles. The zero-order valence-corrected chi connectivity index (χ0v) is 11.6. The summed E-state index contributed by atoms with van der Waals surface area (Å²) in [5.41, 5.74) is 0.0875. The molecule has 0 saturated carbocycles. The predicted molar refractivity (Wildman–Crippen MR) is 67.8 cm³/mol. The predicted octanol–water partition coefficient (Wildman–Crippen LogP) is 2.76. The van der Waals surface area contributed by atoms with Gasteiger partial charge in [-0.25, -0.2) is 18.4 Å². The number of rotatable bonds is 4. The van der Waals surface area contributed by atoms with Crippen molar-refractivity contribution in [3.63, 3.8) is 0 Å². The molecule has 1 aromatic carbocycles. The van der Waals surface area contributed by atoms with Crippen LogP contribution >= 0.6 is 15.9 Å². The number of carbonyl (C=O) groups is 1. The molecule has 0 unspecified atom stereocenters. The lowest BCUT2D eigenvalue weighted by Gasteiger charge is -2.06. The average Bonchev–Trinajstić information content (AvgIpc) is 2.83. The van der Waals surface area contributed by atoms with Crippen molar-refractivity contribution in [2.24, 2.45) is 0 Å². The van der Waals surface area contributed by atoms with Crippen molar-refractivity contribution in [2.45, 2.75) is 19.9 Å². The largest absolute Gasteiger partial charge is 0.294 e. The Morgan fingerprint density at radius 3 is 2.84 bits per heavy atom. The minimum Gasteiger partial charge on any atom is -0.294 e. The van der Waals surface area contributed by atoms with Crippen LogP contribution in [0, 0.1) is 11.6 Å². The standard InChI is InChI=1S/C12H10BrF2N3O/c1-2-18-10(16-6-17-18)5-9(19)7-3-4-8(14)12(15)11(7)13/h3-4,6H,2,5H2,1H3. The normalized spacial score (nSPS) is 10.7. The van der Waals surface area contributed by atoms with Gasteiger partial charge in [-0.15, -0.1) is 0 Å². The Labute approximate surface area is 116 Å². The van der Waals surface area contributed by atoms with Crippen LogP contribution in [0.25, 0.3) is 0 Å². The molecule has 1 aromatic heterocycles. The van der Waals surface area contributed by atoms with E-state index in [2.05, 4.69) is 26.0 Å². The highest BCUT2D eigenvalue weighted by molar-refractivity contribution is 9.10. The van der Waals surface area contributed by atoms with Crippen molar-refractivity contribution in [3.05, 3.63) is 46.0 Å². The maximum atomic E-state index is 13.4. The fourth-order valence-corrected chi connectivity index (χ4v) is 2.21. The molecule has 2 rings (SSSR count). The highest BCUT2D eigenvalue weighted by Gasteiger charge is 2.18. The van der Waals surface area contributed by atoms with Gasteiger partial charge in [-0.2, -0.15) is 5.10 Å². The smallest absolute Gasteiger partial charge is 0.173 e. The first-order valence-electron chi connectivity index (χ1n) is 5.58. The summed E-state index contributed by atoms with van der Waals surface area (Å²) in [6.07, 6.45) is 1.34. The minimum absolute atomic E-state index is 0.0164. The van der Waals surface area contributed by atoms with Crippen molar-refractivity contribution in [3.8, 4) is 0 Å². The van der Waals surface area contributed by atoms with Gasteiger partial charge in [0.25, 0.3) is 0 Å². The summed E-state index contributed by atoms with van der Waals surface area (Å²) in [6.45, 7) is 2.46. The first-order chi connectivity index (χ1) is 9.04. The lowest BCUT2D eigenvalue weighted by molar-refractivity contribution is 0.0988. The van der Waals surface area contributed by atoms with Gasteiger partial charge in [-0.1, -0.05) is 0 Å². The van der Waals surface area contributed by atoms with Gasteiger partial charge in [-0.05, 0) is 35.0 Å². The van der Waals surface area contributed by atoms with Gasteiger partial charge in [0.05, 0.1) is 10.9 Å². The molecule has 2 aromatic rings. The Hall–Kier alpha value is -1.63. The van der Waals surface area contributed by atoms with Crippen LogP contribution in [0.3, 0.4) is 0 Å². The highest BCUT2D eigenvalue weighted by atomic mass is 79.9. The fourth-order valence-electron chi connectivity index (χ4n) is 1.67. The number of aryl methyl sites for hydroxylation is 1. The average molecular weight is 330 g/mol. The van der Waals surface area contributed by atoms with Gasteiger partial charge < -0.3 is 0 Å². The van der Waals surface area contributed by atoms with Crippen molar-refractivity contribution in [1.82, 2.24) is 14.8 Å². The van der Waals surface area contributed by atoms with Crippen molar-refractivity contribution < 1.29 is 13.6 Å². The van der Waals surface area contributed by atoms with Gasteiger partial charge in [0.15, 0.2) is 17.4 Å². The number of hydrogen-bond acceptors (Lipinski definition) is 3. The van der Waals surface area contributed by atoms with E-state index in [1.807, 2.05) is 6.92 Å². The Balaban J connectivity index is 2.28. The second kappa shape index (κ2) is 5.56. The molecule has 100 valence electrons. The van der Waals surface area contributed by atoms with E-state index in [1.165, 1.54) is 12.4 Å². The molecule has 0 bridgehead atoms. The number of Topliss-reactive ketones (excluding diaryl/α,β-unsaturated/α-hetero) is 1. The van der Waals surface area contributed by atoms with Crippen molar-refractivity contribution in [2.75, 3.05) is 0 Å². The van der Waals surface area contributed by atoms with Crippen LogP contribution in [0.5, 0.6) is 0 Å². The number of halogens is 3. The summed E-state index contributed by atoms with van der Waals surface area (Å²) in [5.74, 6) is -1.93. The summed E-state index contributed by atoms with van der Waals surface area (Å²) in [6, 6.07) is 2.18. The van der Waals surface area contributed by atoms with E-state index in [1.54, 1.807) is 4.68 Å². The summed E-state index contributed by atoms with van der Waals surface area (Å²) in [5, 5.41) is 3.94. The zero-order valence-electron chi connectivity index (χ0n) is 10.0. The second-order valence-electron chi connectivity index (χ2n) is 3.81. The van der Waals surface area contributed by atoms with Crippen molar-refractivity contribution in [1.29, 1.82) is 0 Å². The molecule has 0 radical (unpaired) electrons. The molecule has 0 amide bonds. The van der Waals surface area contributed by atoms with Gasteiger partial charge in [-0.3, -0.25) is 4.79 Å². The molecule has 0 spiro atoms. The summed E-state index contributed by atoms with van der Waals surface area (Å²) >= 11 is 2.89. The van der Waals surface area contributed by atoms with Gasteiger partial charge in [0, 0.05) is 12.1 Å². The van der Waals surface area contributed by atoms with E-state index in [9.17, 15) is 13.6 Å². The van der Waals surface area contributed by atoms with Crippen LogP contribution in [0.2, 0.25) is 0 Å². The number of nitrogens with zero attached hydrogens (tertiary/aromatic N) is 3. The monoisotopic (exact) mass is 329 g/mol. The third-order valence-electron chi connectivity index (χ3n) is 2.65. The molecular weight excluding hydrogens is 320 g/mol. The minimum atomic E-state index is -1.07. The summed E-state index contributed by atoms with van der Waals surface area (Å²) < 4.78 is 27.8.